The molecule has 0 spiro atoms. The highest BCUT2D eigenvalue weighted by molar-refractivity contribution is 7.89. The van der Waals surface area contributed by atoms with E-state index >= 15 is 0 Å². The molecule has 0 aromatic heterocycles. The summed E-state index contributed by atoms with van der Waals surface area (Å²) in [6.07, 6.45) is 1.34. The fourth-order valence-corrected chi connectivity index (χ4v) is 2.67. The second-order valence-electron chi connectivity index (χ2n) is 4.53. The second kappa shape index (κ2) is 7.52. The highest BCUT2D eigenvalue weighted by atomic mass is 32.2. The van der Waals surface area contributed by atoms with Crippen LogP contribution in [0.15, 0.2) is 64.6 Å². The lowest BCUT2D eigenvalue weighted by atomic mass is 10.2. The summed E-state index contributed by atoms with van der Waals surface area (Å²) in [7, 11) is -3.73. The highest BCUT2D eigenvalue weighted by Gasteiger charge is 2.14. The predicted octanol–water partition coefficient (Wildman–Crippen LogP) is 0.821. The van der Waals surface area contributed by atoms with Crippen LogP contribution in [0, 0.1) is 0 Å². The molecule has 0 aliphatic heterocycles. The van der Waals surface area contributed by atoms with E-state index in [1.165, 1.54) is 30.5 Å². The Morgan fingerprint density at radius 3 is 2.57 bits per heavy atom. The van der Waals surface area contributed by atoms with Gasteiger partial charge in [0.05, 0.1) is 17.7 Å². The maximum atomic E-state index is 11.9. The Kier molecular flexibility index (Phi) is 5.45. The largest absolute Gasteiger partial charge is 0.508 e. The minimum Gasteiger partial charge on any atom is -0.508 e. The Balaban J connectivity index is 1.86. The molecule has 3 N–H and O–H groups in total. The standard InChI is InChI=1S/C15H15N3O4S/c19-13-6-4-5-12(9-13)10-16-18-15(20)11-17-23(21,22)14-7-2-1-3-8-14/h1-10,17,19H,11H2,(H,18,20)/b16-10-. The summed E-state index contributed by atoms with van der Waals surface area (Å²) in [5.74, 6) is -0.531. The third kappa shape index (κ3) is 5.20. The van der Waals surface area contributed by atoms with E-state index in [4.69, 9.17) is 0 Å². The third-order valence-electron chi connectivity index (χ3n) is 2.75. The van der Waals surface area contributed by atoms with Gasteiger partial charge in [-0.05, 0) is 29.8 Å². The monoisotopic (exact) mass is 333 g/mol. The van der Waals surface area contributed by atoms with Gasteiger partial charge in [-0.15, -0.1) is 0 Å². The van der Waals surface area contributed by atoms with Crippen LogP contribution in [0.2, 0.25) is 0 Å². The summed E-state index contributed by atoms with van der Waals surface area (Å²) in [6, 6.07) is 14.0. The molecule has 1 amide bonds. The van der Waals surface area contributed by atoms with Crippen molar-refractivity contribution in [3.8, 4) is 5.75 Å². The first-order valence-corrected chi connectivity index (χ1v) is 8.11. The van der Waals surface area contributed by atoms with Crippen LogP contribution in [0.5, 0.6) is 5.75 Å². The molecular weight excluding hydrogens is 318 g/mol. The quantitative estimate of drug-likeness (QED) is 0.537. The van der Waals surface area contributed by atoms with Gasteiger partial charge in [-0.2, -0.15) is 5.10 Å². The van der Waals surface area contributed by atoms with Crippen LogP contribution in [0.3, 0.4) is 0 Å². The van der Waals surface area contributed by atoms with Crippen molar-refractivity contribution in [2.75, 3.05) is 6.54 Å². The summed E-state index contributed by atoms with van der Waals surface area (Å²) in [5.41, 5.74) is 2.79. The smallest absolute Gasteiger partial charge is 0.255 e. The summed E-state index contributed by atoms with van der Waals surface area (Å²) >= 11 is 0. The van der Waals surface area contributed by atoms with Gasteiger partial charge in [0.25, 0.3) is 5.91 Å². The molecule has 120 valence electrons. The molecule has 2 aromatic carbocycles. The lowest BCUT2D eigenvalue weighted by Gasteiger charge is -2.05. The van der Waals surface area contributed by atoms with Crippen molar-refractivity contribution >= 4 is 22.1 Å². The Morgan fingerprint density at radius 2 is 1.87 bits per heavy atom. The number of rotatable bonds is 6. The van der Waals surface area contributed by atoms with Crippen LogP contribution in [-0.2, 0) is 14.8 Å². The molecule has 0 aliphatic rings. The zero-order chi connectivity index (χ0) is 16.7. The van der Waals surface area contributed by atoms with Gasteiger partial charge in [0.15, 0.2) is 0 Å². The number of phenols is 1. The van der Waals surface area contributed by atoms with Crippen molar-refractivity contribution in [1.82, 2.24) is 10.1 Å². The first kappa shape index (κ1) is 16.7. The van der Waals surface area contributed by atoms with Gasteiger partial charge >= 0.3 is 0 Å². The van der Waals surface area contributed by atoms with E-state index in [2.05, 4.69) is 15.2 Å². The van der Waals surface area contributed by atoms with Crippen LogP contribution < -0.4 is 10.1 Å². The molecule has 0 heterocycles. The zero-order valence-corrected chi connectivity index (χ0v) is 12.8. The molecule has 0 radical (unpaired) electrons. The number of hydrazone groups is 1. The molecule has 2 aromatic rings. The van der Waals surface area contributed by atoms with E-state index in [-0.39, 0.29) is 10.6 Å². The van der Waals surface area contributed by atoms with Crippen molar-refractivity contribution in [3.05, 3.63) is 60.2 Å². The van der Waals surface area contributed by atoms with Gasteiger partial charge < -0.3 is 5.11 Å². The number of amides is 1. The van der Waals surface area contributed by atoms with Gasteiger partial charge in [0.2, 0.25) is 10.0 Å². The Bertz CT molecular complexity index is 804. The number of carbonyl (C=O) groups excluding carboxylic acids is 1. The third-order valence-corrected chi connectivity index (χ3v) is 4.17. The van der Waals surface area contributed by atoms with Gasteiger partial charge in [-0.25, -0.2) is 18.6 Å². The minimum atomic E-state index is -3.73. The summed E-state index contributed by atoms with van der Waals surface area (Å²) < 4.78 is 26.0. The number of sulfonamides is 1. The minimum absolute atomic E-state index is 0.0795. The number of hydrogen-bond acceptors (Lipinski definition) is 5. The topological polar surface area (TPSA) is 108 Å². The van der Waals surface area contributed by atoms with E-state index in [1.807, 2.05) is 0 Å². The van der Waals surface area contributed by atoms with E-state index in [1.54, 1.807) is 30.3 Å². The zero-order valence-electron chi connectivity index (χ0n) is 12.0. The molecular formula is C15H15N3O4S. The molecule has 0 saturated carbocycles. The van der Waals surface area contributed by atoms with Gasteiger partial charge in [-0.1, -0.05) is 30.3 Å². The molecule has 0 aliphatic carbocycles. The van der Waals surface area contributed by atoms with Crippen molar-refractivity contribution in [3.63, 3.8) is 0 Å². The van der Waals surface area contributed by atoms with Gasteiger partial charge in [-0.3, -0.25) is 4.79 Å². The van der Waals surface area contributed by atoms with Gasteiger partial charge in [0.1, 0.15) is 5.75 Å². The predicted molar refractivity (Wildman–Crippen MR) is 85.5 cm³/mol. The Morgan fingerprint density at radius 1 is 1.13 bits per heavy atom. The number of aromatic hydroxyl groups is 1. The van der Waals surface area contributed by atoms with Crippen molar-refractivity contribution in [1.29, 1.82) is 0 Å². The van der Waals surface area contributed by atoms with Crippen LogP contribution in [-0.4, -0.2) is 32.2 Å². The van der Waals surface area contributed by atoms with Gasteiger partial charge in [0, 0.05) is 0 Å². The average Bonchev–Trinajstić information content (AvgIpc) is 2.54. The number of nitrogens with zero attached hydrogens (tertiary/aromatic N) is 1. The number of nitrogens with one attached hydrogen (secondary N) is 2. The molecule has 0 bridgehead atoms. The molecule has 7 nitrogen and oxygen atoms in total. The second-order valence-corrected chi connectivity index (χ2v) is 6.29. The lowest BCUT2D eigenvalue weighted by molar-refractivity contribution is -0.119. The summed E-state index contributed by atoms with van der Waals surface area (Å²) in [5, 5.41) is 13.0. The maximum absolute atomic E-state index is 11.9. The fraction of sp³-hybridized carbons (Fsp3) is 0.0667. The van der Waals surface area contributed by atoms with E-state index < -0.39 is 22.5 Å². The van der Waals surface area contributed by atoms with Crippen LogP contribution in [0.25, 0.3) is 0 Å². The summed E-state index contributed by atoms with van der Waals surface area (Å²) in [6.45, 7) is -0.436. The van der Waals surface area contributed by atoms with E-state index in [0.29, 0.717) is 5.56 Å². The fourth-order valence-electron chi connectivity index (χ4n) is 1.67. The van der Waals surface area contributed by atoms with Crippen molar-refractivity contribution in [2.45, 2.75) is 4.90 Å². The molecule has 0 saturated heterocycles. The molecule has 0 unspecified atom stereocenters. The van der Waals surface area contributed by atoms with Crippen LogP contribution >= 0.6 is 0 Å². The molecule has 23 heavy (non-hydrogen) atoms. The highest BCUT2D eigenvalue weighted by Crippen LogP contribution is 2.08. The average molecular weight is 333 g/mol. The number of phenolic OH excluding ortho intramolecular Hbond substituents is 1. The Hall–Kier alpha value is -2.71. The van der Waals surface area contributed by atoms with Crippen molar-refractivity contribution in [2.24, 2.45) is 5.10 Å². The number of benzene rings is 2. The SMILES string of the molecule is O=C(CNS(=O)(=O)c1ccccc1)N/N=C\c1cccc(O)c1. The molecule has 0 atom stereocenters. The molecule has 2 rings (SSSR count). The van der Waals surface area contributed by atoms with E-state index in [9.17, 15) is 18.3 Å². The van der Waals surface area contributed by atoms with E-state index in [0.717, 1.165) is 0 Å². The Labute approximate surface area is 133 Å². The first-order valence-electron chi connectivity index (χ1n) is 6.63. The van der Waals surface area contributed by atoms with Crippen LogP contribution in [0.4, 0.5) is 0 Å². The molecule has 0 fully saturated rings. The number of carbonyl (C=O) groups is 1. The maximum Gasteiger partial charge on any atom is 0.255 e. The number of hydrogen-bond donors (Lipinski definition) is 3. The normalized spacial score (nSPS) is 11.5. The van der Waals surface area contributed by atoms with Crippen LogP contribution in [0.1, 0.15) is 5.56 Å². The lowest BCUT2D eigenvalue weighted by Crippen LogP contribution is -2.34. The van der Waals surface area contributed by atoms with Crippen molar-refractivity contribution < 1.29 is 18.3 Å². The molecule has 8 heteroatoms. The first-order chi connectivity index (χ1) is 11.0. The summed E-state index contributed by atoms with van der Waals surface area (Å²) in [4.78, 5) is 11.7.